The number of hydrazone groups is 1. The van der Waals surface area contributed by atoms with E-state index in [1.54, 1.807) is 26.4 Å². The maximum atomic E-state index is 11.7. The van der Waals surface area contributed by atoms with Crippen molar-refractivity contribution in [3.8, 4) is 11.5 Å². The first-order chi connectivity index (χ1) is 12.5. The molecule has 2 aromatic rings. The topological polar surface area (TPSA) is 63.2 Å². The molecule has 0 aliphatic carbocycles. The van der Waals surface area contributed by atoms with Crippen LogP contribution in [0.1, 0.15) is 18.1 Å². The fraction of sp³-hybridized carbons (Fsp3) is 0.300. The first kappa shape index (κ1) is 19.3. The molecule has 0 aliphatic rings. The number of nitrogens with one attached hydrogen (secondary N) is 1. The van der Waals surface area contributed by atoms with Crippen LogP contribution in [0.25, 0.3) is 0 Å². The number of hydrogen-bond donors (Lipinski definition) is 1. The predicted octanol–water partition coefficient (Wildman–Crippen LogP) is 3.31. The fourth-order valence-corrected chi connectivity index (χ4v) is 2.07. The van der Waals surface area contributed by atoms with E-state index >= 15 is 0 Å². The molecule has 0 bridgehead atoms. The number of carbonyl (C=O) groups is 1. The van der Waals surface area contributed by atoms with E-state index in [9.17, 15) is 4.79 Å². The van der Waals surface area contributed by atoms with E-state index in [0.717, 1.165) is 11.3 Å². The molecule has 0 saturated heterocycles. The highest BCUT2D eigenvalue weighted by atomic mass is 16.5. The lowest BCUT2D eigenvalue weighted by Crippen LogP contribution is -2.27. The molecule has 2 rings (SSSR count). The van der Waals surface area contributed by atoms with Crippen molar-refractivity contribution >= 4 is 17.8 Å². The van der Waals surface area contributed by atoms with Crippen molar-refractivity contribution < 1.29 is 14.3 Å². The molecule has 0 heterocycles. The molecular weight excluding hydrogens is 330 g/mol. The van der Waals surface area contributed by atoms with Crippen LogP contribution < -0.4 is 14.9 Å². The van der Waals surface area contributed by atoms with E-state index in [4.69, 9.17) is 9.47 Å². The molecule has 0 radical (unpaired) electrons. The van der Waals surface area contributed by atoms with Crippen LogP contribution in [-0.4, -0.2) is 44.3 Å². The summed E-state index contributed by atoms with van der Waals surface area (Å²) >= 11 is 0. The van der Waals surface area contributed by atoms with Crippen LogP contribution in [0.15, 0.2) is 47.6 Å². The van der Waals surface area contributed by atoms with E-state index in [1.807, 2.05) is 50.2 Å². The first-order valence-corrected chi connectivity index (χ1v) is 8.45. The smallest absolute Gasteiger partial charge is 0.259 e. The Balaban J connectivity index is 2.04. The summed E-state index contributed by atoms with van der Waals surface area (Å²) in [6.07, 6.45) is 1.71. The number of amides is 1. The zero-order valence-electron chi connectivity index (χ0n) is 15.7. The molecule has 0 fully saturated rings. The van der Waals surface area contributed by atoms with Crippen LogP contribution in [0.5, 0.6) is 11.5 Å². The van der Waals surface area contributed by atoms with Crippen molar-refractivity contribution in [2.45, 2.75) is 13.8 Å². The van der Waals surface area contributed by atoms with E-state index in [2.05, 4.69) is 10.5 Å². The van der Waals surface area contributed by atoms with Gasteiger partial charge >= 0.3 is 0 Å². The Morgan fingerprint density at radius 2 is 1.85 bits per heavy atom. The Labute approximate surface area is 154 Å². The quantitative estimate of drug-likeness (QED) is 0.583. The second kappa shape index (κ2) is 9.46. The normalized spacial score (nSPS) is 10.6. The largest absolute Gasteiger partial charge is 0.490 e. The van der Waals surface area contributed by atoms with Gasteiger partial charge in [0, 0.05) is 14.1 Å². The zero-order valence-corrected chi connectivity index (χ0v) is 15.7. The molecule has 0 aliphatic heterocycles. The molecule has 26 heavy (non-hydrogen) atoms. The lowest BCUT2D eigenvalue weighted by molar-refractivity contribution is -0.130. The Kier molecular flexibility index (Phi) is 7.02. The van der Waals surface area contributed by atoms with Crippen LogP contribution in [0.4, 0.5) is 5.69 Å². The third-order valence-corrected chi connectivity index (χ3v) is 3.58. The molecule has 0 unspecified atom stereocenters. The van der Waals surface area contributed by atoms with Crippen molar-refractivity contribution in [2.75, 3.05) is 32.7 Å². The minimum absolute atomic E-state index is 0.0323. The number of benzene rings is 2. The summed E-state index contributed by atoms with van der Waals surface area (Å²) < 4.78 is 11.2. The van der Waals surface area contributed by atoms with E-state index < -0.39 is 0 Å². The number of rotatable bonds is 8. The zero-order chi connectivity index (χ0) is 18.9. The molecule has 1 N–H and O–H groups in total. The molecule has 0 atom stereocenters. The van der Waals surface area contributed by atoms with Crippen molar-refractivity contribution in [1.82, 2.24) is 4.90 Å². The van der Waals surface area contributed by atoms with Crippen molar-refractivity contribution in [3.63, 3.8) is 0 Å². The fourth-order valence-electron chi connectivity index (χ4n) is 2.07. The Morgan fingerprint density at radius 1 is 1.12 bits per heavy atom. The van der Waals surface area contributed by atoms with Gasteiger partial charge in [0.15, 0.2) is 18.1 Å². The highest BCUT2D eigenvalue weighted by molar-refractivity contribution is 5.81. The minimum atomic E-state index is -0.111. The number of likely N-dealkylation sites (N-methyl/N-ethyl adjacent to an activating group) is 1. The monoisotopic (exact) mass is 355 g/mol. The lowest BCUT2D eigenvalue weighted by Gasteiger charge is -2.14. The highest BCUT2D eigenvalue weighted by Gasteiger charge is 2.10. The SMILES string of the molecule is CCOc1cc(/C=N\Nc2ccc(C)cc2)ccc1OCC(=O)N(C)C. The van der Waals surface area contributed by atoms with Crippen LogP contribution in [0, 0.1) is 6.92 Å². The van der Waals surface area contributed by atoms with Gasteiger partial charge in [0.05, 0.1) is 18.5 Å². The summed E-state index contributed by atoms with van der Waals surface area (Å²) in [7, 11) is 3.38. The average molecular weight is 355 g/mol. The summed E-state index contributed by atoms with van der Waals surface area (Å²) in [4.78, 5) is 13.2. The van der Waals surface area contributed by atoms with Gasteiger partial charge in [-0.05, 0) is 49.7 Å². The standard InChI is InChI=1S/C20H25N3O3/c1-5-25-19-12-16(8-11-18(19)26-14-20(24)23(3)4)13-21-22-17-9-6-15(2)7-10-17/h6-13,22H,5,14H2,1-4H3/b21-13-. The van der Waals surface area contributed by atoms with Crippen molar-refractivity contribution in [3.05, 3.63) is 53.6 Å². The summed E-state index contributed by atoms with van der Waals surface area (Å²) in [5, 5.41) is 4.24. The van der Waals surface area contributed by atoms with Gasteiger partial charge in [0.1, 0.15) is 0 Å². The van der Waals surface area contributed by atoms with Crippen LogP contribution in [0.3, 0.4) is 0 Å². The molecule has 0 spiro atoms. The Morgan fingerprint density at radius 3 is 2.50 bits per heavy atom. The van der Waals surface area contributed by atoms with Gasteiger partial charge in [-0.2, -0.15) is 5.10 Å². The maximum Gasteiger partial charge on any atom is 0.259 e. The van der Waals surface area contributed by atoms with Gasteiger partial charge in [-0.25, -0.2) is 0 Å². The number of anilines is 1. The van der Waals surface area contributed by atoms with Gasteiger partial charge < -0.3 is 14.4 Å². The van der Waals surface area contributed by atoms with Crippen LogP contribution in [0.2, 0.25) is 0 Å². The third-order valence-electron chi connectivity index (χ3n) is 3.58. The van der Waals surface area contributed by atoms with Gasteiger partial charge in [0.2, 0.25) is 0 Å². The molecule has 6 heteroatoms. The second-order valence-electron chi connectivity index (χ2n) is 5.95. The Hall–Kier alpha value is -3.02. The average Bonchev–Trinajstić information content (AvgIpc) is 2.62. The highest BCUT2D eigenvalue weighted by Crippen LogP contribution is 2.28. The van der Waals surface area contributed by atoms with E-state index in [1.165, 1.54) is 10.5 Å². The predicted molar refractivity (Wildman–Crippen MR) is 104 cm³/mol. The van der Waals surface area contributed by atoms with Gasteiger partial charge in [0.25, 0.3) is 5.91 Å². The molecule has 0 saturated carbocycles. The molecule has 2 aromatic carbocycles. The molecule has 138 valence electrons. The van der Waals surface area contributed by atoms with Crippen molar-refractivity contribution in [2.24, 2.45) is 5.10 Å². The first-order valence-electron chi connectivity index (χ1n) is 8.45. The second-order valence-corrected chi connectivity index (χ2v) is 5.95. The summed E-state index contributed by atoms with van der Waals surface area (Å²) in [6, 6.07) is 13.4. The van der Waals surface area contributed by atoms with Crippen LogP contribution >= 0.6 is 0 Å². The lowest BCUT2D eigenvalue weighted by atomic mass is 10.2. The molecule has 6 nitrogen and oxygen atoms in total. The number of aryl methyl sites for hydroxylation is 1. The van der Waals surface area contributed by atoms with Gasteiger partial charge in [-0.15, -0.1) is 0 Å². The number of ether oxygens (including phenoxy) is 2. The summed E-state index contributed by atoms with van der Waals surface area (Å²) in [6.45, 7) is 4.40. The van der Waals surface area contributed by atoms with Gasteiger partial charge in [-0.3, -0.25) is 10.2 Å². The van der Waals surface area contributed by atoms with Crippen molar-refractivity contribution in [1.29, 1.82) is 0 Å². The van der Waals surface area contributed by atoms with Gasteiger partial charge in [-0.1, -0.05) is 17.7 Å². The van der Waals surface area contributed by atoms with E-state index in [0.29, 0.717) is 18.1 Å². The minimum Gasteiger partial charge on any atom is -0.490 e. The summed E-state index contributed by atoms with van der Waals surface area (Å²) in [5.74, 6) is 1.00. The summed E-state index contributed by atoms with van der Waals surface area (Å²) in [5.41, 5.74) is 5.96. The van der Waals surface area contributed by atoms with Crippen LogP contribution in [-0.2, 0) is 4.79 Å². The Bertz CT molecular complexity index is 755. The number of nitrogens with zero attached hydrogens (tertiary/aromatic N) is 2. The number of carbonyl (C=O) groups excluding carboxylic acids is 1. The molecular formula is C20H25N3O3. The molecule has 0 aromatic heterocycles. The van der Waals surface area contributed by atoms with E-state index in [-0.39, 0.29) is 12.5 Å². The third kappa shape index (κ3) is 5.81. The maximum absolute atomic E-state index is 11.7. The molecule has 1 amide bonds. The number of hydrogen-bond acceptors (Lipinski definition) is 5.